The van der Waals surface area contributed by atoms with E-state index in [0.29, 0.717) is 30.5 Å². The summed E-state index contributed by atoms with van der Waals surface area (Å²) in [4.78, 5) is 34.5. The Hall–Kier alpha value is -3.22. The van der Waals surface area contributed by atoms with Crippen molar-refractivity contribution in [3.05, 3.63) is 53.1 Å². The van der Waals surface area contributed by atoms with Crippen LogP contribution in [0, 0.1) is 5.82 Å². The van der Waals surface area contributed by atoms with Crippen LogP contribution in [-0.4, -0.2) is 45.4 Å². The van der Waals surface area contributed by atoms with Gasteiger partial charge in [-0.05, 0) is 87.6 Å². The zero-order valence-electron chi connectivity index (χ0n) is 23.8. The second kappa shape index (κ2) is 10.7. The molecule has 1 N–H and O–H groups in total. The molecule has 1 aromatic carbocycles. The highest BCUT2D eigenvalue weighted by Gasteiger charge is 2.28. The number of hydrogen-bond donors (Lipinski definition) is 1. The Balaban J connectivity index is 1.30. The molecule has 1 saturated carbocycles. The number of nitrogens with one attached hydrogen (secondary N) is 1. The first-order valence-corrected chi connectivity index (χ1v) is 14.3. The van der Waals surface area contributed by atoms with Crippen molar-refractivity contribution in [2.24, 2.45) is 0 Å². The molecule has 3 aromatic rings. The van der Waals surface area contributed by atoms with Gasteiger partial charge in [0.2, 0.25) is 5.91 Å². The van der Waals surface area contributed by atoms with E-state index < -0.39 is 5.60 Å². The quantitative estimate of drug-likeness (QED) is 0.326. The maximum Gasteiger partial charge on any atom is 0.306 e. The SMILES string of the molecule is CC(C)c1c(-c2cc(C3CC3)ncc2F)[nH]c2ccc(C3CCN(C(=O)CCC(=O)OC(C)(C)C)CC3)cc12. The first kappa shape index (κ1) is 27.4. The zero-order valence-corrected chi connectivity index (χ0v) is 23.8. The Morgan fingerprint density at radius 3 is 2.44 bits per heavy atom. The van der Waals surface area contributed by atoms with Gasteiger partial charge in [0.25, 0.3) is 0 Å². The van der Waals surface area contributed by atoms with Crippen LogP contribution >= 0.6 is 0 Å². The van der Waals surface area contributed by atoms with Crippen LogP contribution in [0.2, 0.25) is 0 Å². The number of amides is 1. The van der Waals surface area contributed by atoms with Crippen LogP contribution in [-0.2, 0) is 14.3 Å². The number of benzene rings is 1. The molecule has 39 heavy (non-hydrogen) atoms. The molecule has 3 heterocycles. The fourth-order valence-corrected chi connectivity index (χ4v) is 5.77. The van der Waals surface area contributed by atoms with Gasteiger partial charge in [-0.15, -0.1) is 0 Å². The second-order valence-corrected chi connectivity index (χ2v) is 12.5. The number of carbonyl (C=O) groups excluding carboxylic acids is 2. The zero-order chi connectivity index (χ0) is 27.9. The minimum Gasteiger partial charge on any atom is -0.460 e. The second-order valence-electron chi connectivity index (χ2n) is 12.5. The van der Waals surface area contributed by atoms with Crippen molar-refractivity contribution in [3.8, 4) is 11.3 Å². The molecule has 0 bridgehead atoms. The molecule has 6 nitrogen and oxygen atoms in total. The lowest BCUT2D eigenvalue weighted by atomic mass is 9.87. The van der Waals surface area contributed by atoms with Crippen molar-refractivity contribution in [3.63, 3.8) is 0 Å². The first-order valence-electron chi connectivity index (χ1n) is 14.3. The minimum absolute atomic E-state index is 0.0112. The maximum atomic E-state index is 15.0. The summed E-state index contributed by atoms with van der Waals surface area (Å²) in [5.41, 5.74) is 5.29. The van der Waals surface area contributed by atoms with E-state index in [1.54, 1.807) is 0 Å². The number of esters is 1. The van der Waals surface area contributed by atoms with E-state index in [0.717, 1.165) is 53.5 Å². The molecule has 0 radical (unpaired) electrons. The molecule has 7 heteroatoms. The van der Waals surface area contributed by atoms with E-state index in [1.807, 2.05) is 31.7 Å². The van der Waals surface area contributed by atoms with Crippen molar-refractivity contribution >= 4 is 22.8 Å². The predicted molar refractivity (Wildman–Crippen MR) is 151 cm³/mol. The van der Waals surface area contributed by atoms with E-state index in [9.17, 15) is 9.59 Å². The number of piperidine rings is 1. The molecule has 1 saturated heterocycles. The molecule has 0 unspecified atom stereocenters. The lowest BCUT2D eigenvalue weighted by Gasteiger charge is -2.32. The Bertz CT molecular complexity index is 1380. The van der Waals surface area contributed by atoms with Crippen LogP contribution in [0.3, 0.4) is 0 Å². The fraction of sp³-hybridized carbons (Fsp3) is 0.531. The Morgan fingerprint density at radius 2 is 1.79 bits per heavy atom. The number of aromatic nitrogens is 2. The Kier molecular flexibility index (Phi) is 7.53. The smallest absolute Gasteiger partial charge is 0.306 e. The van der Waals surface area contributed by atoms with E-state index in [-0.39, 0.29) is 36.5 Å². The highest BCUT2D eigenvalue weighted by atomic mass is 19.1. The summed E-state index contributed by atoms with van der Waals surface area (Å²) in [6.07, 6.45) is 5.67. The van der Waals surface area contributed by atoms with Crippen LogP contribution in [0.1, 0.15) is 108 Å². The molecule has 0 atom stereocenters. The molecular formula is C32H40FN3O3. The fourth-order valence-electron chi connectivity index (χ4n) is 5.77. The van der Waals surface area contributed by atoms with E-state index >= 15 is 4.39 Å². The minimum atomic E-state index is -0.540. The van der Waals surface area contributed by atoms with Crippen molar-refractivity contribution in [2.75, 3.05) is 13.1 Å². The summed E-state index contributed by atoms with van der Waals surface area (Å²) in [5, 5.41) is 1.14. The number of fused-ring (bicyclic) bond motifs is 1. The van der Waals surface area contributed by atoms with Crippen LogP contribution < -0.4 is 0 Å². The van der Waals surface area contributed by atoms with Gasteiger partial charge in [-0.3, -0.25) is 14.6 Å². The van der Waals surface area contributed by atoms with Crippen molar-refractivity contribution in [1.29, 1.82) is 0 Å². The van der Waals surface area contributed by atoms with Crippen molar-refractivity contribution in [2.45, 2.75) is 96.5 Å². The third kappa shape index (κ3) is 6.18. The Morgan fingerprint density at radius 1 is 1.08 bits per heavy atom. The number of aromatic amines is 1. The van der Waals surface area contributed by atoms with Gasteiger partial charge in [0, 0.05) is 47.6 Å². The summed E-state index contributed by atoms with van der Waals surface area (Å²) in [6.45, 7) is 11.2. The largest absolute Gasteiger partial charge is 0.460 e. The number of hydrogen-bond acceptors (Lipinski definition) is 4. The van der Waals surface area contributed by atoms with Gasteiger partial charge in [0.1, 0.15) is 5.60 Å². The first-order chi connectivity index (χ1) is 18.5. The van der Waals surface area contributed by atoms with Gasteiger partial charge in [-0.1, -0.05) is 19.9 Å². The van der Waals surface area contributed by atoms with Crippen molar-refractivity contribution < 1.29 is 18.7 Å². The monoisotopic (exact) mass is 533 g/mol. The van der Waals surface area contributed by atoms with Crippen LogP contribution in [0.15, 0.2) is 30.5 Å². The van der Waals surface area contributed by atoms with E-state index in [2.05, 4.69) is 42.0 Å². The highest BCUT2D eigenvalue weighted by molar-refractivity contribution is 5.92. The molecule has 0 spiro atoms. The number of nitrogens with zero attached hydrogens (tertiary/aromatic N) is 2. The summed E-state index contributed by atoms with van der Waals surface area (Å²) >= 11 is 0. The average molecular weight is 534 g/mol. The van der Waals surface area contributed by atoms with Crippen LogP contribution in [0.4, 0.5) is 4.39 Å². The van der Waals surface area contributed by atoms with Gasteiger partial charge in [0.15, 0.2) is 5.82 Å². The third-order valence-corrected chi connectivity index (χ3v) is 7.86. The Labute approximate surface area is 230 Å². The van der Waals surface area contributed by atoms with Gasteiger partial charge >= 0.3 is 5.97 Å². The summed E-state index contributed by atoms with van der Waals surface area (Å²) < 4.78 is 20.3. The molecule has 1 aliphatic heterocycles. The topological polar surface area (TPSA) is 75.3 Å². The highest BCUT2D eigenvalue weighted by Crippen LogP contribution is 2.43. The van der Waals surface area contributed by atoms with Gasteiger partial charge in [-0.25, -0.2) is 4.39 Å². The molecular weight excluding hydrogens is 493 g/mol. The molecule has 2 fully saturated rings. The molecule has 5 rings (SSSR count). The van der Waals surface area contributed by atoms with E-state index in [1.165, 1.54) is 11.8 Å². The molecule has 1 aliphatic carbocycles. The van der Waals surface area contributed by atoms with E-state index in [4.69, 9.17) is 4.74 Å². The number of carbonyl (C=O) groups is 2. The standard InChI is InChI=1S/C32H40FN3O3/c1-19(2)30-24-16-22(20-12-14-36(15-13-20)28(37)10-11-29(38)39-32(3,4)5)8-9-26(24)35-31(30)23-17-27(21-6-7-21)34-18-25(23)33/h8-9,16-21,35H,6-7,10-15H2,1-5H3. The number of likely N-dealkylation sites (tertiary alicyclic amines) is 1. The van der Waals surface area contributed by atoms with Gasteiger partial charge in [-0.2, -0.15) is 0 Å². The maximum absolute atomic E-state index is 15.0. The lowest BCUT2D eigenvalue weighted by Crippen LogP contribution is -2.38. The number of pyridine rings is 1. The molecule has 208 valence electrons. The third-order valence-electron chi connectivity index (χ3n) is 7.86. The average Bonchev–Trinajstić information content (AvgIpc) is 3.66. The van der Waals surface area contributed by atoms with Crippen molar-refractivity contribution in [1.82, 2.24) is 14.9 Å². The predicted octanol–water partition coefficient (Wildman–Crippen LogP) is 7.20. The number of ether oxygens (including phenoxy) is 1. The number of H-pyrrole nitrogens is 1. The van der Waals surface area contributed by atoms with Gasteiger partial charge in [0.05, 0.1) is 18.3 Å². The number of rotatable bonds is 7. The number of halogens is 1. The molecule has 2 aliphatic rings. The lowest BCUT2D eigenvalue weighted by molar-refractivity contribution is -0.156. The summed E-state index contributed by atoms with van der Waals surface area (Å²) in [7, 11) is 0. The molecule has 1 amide bonds. The summed E-state index contributed by atoms with van der Waals surface area (Å²) in [5.74, 6) is 0.403. The summed E-state index contributed by atoms with van der Waals surface area (Å²) in [6, 6.07) is 8.46. The van der Waals surface area contributed by atoms with Crippen LogP contribution in [0.25, 0.3) is 22.2 Å². The van der Waals surface area contributed by atoms with Gasteiger partial charge < -0.3 is 14.6 Å². The van der Waals surface area contributed by atoms with Crippen LogP contribution in [0.5, 0.6) is 0 Å². The normalized spacial score (nSPS) is 16.7. The molecule has 2 aromatic heterocycles.